The Labute approximate surface area is 145 Å². The molecule has 0 amide bonds. The molecule has 3 rings (SSSR count). The Balaban J connectivity index is 1.84. The van der Waals surface area contributed by atoms with E-state index in [0.717, 1.165) is 11.0 Å². The summed E-state index contributed by atoms with van der Waals surface area (Å²) in [5, 5.41) is 5.85. The van der Waals surface area contributed by atoms with E-state index < -0.39 is 10.0 Å². The van der Waals surface area contributed by atoms with Crippen molar-refractivity contribution in [3.63, 3.8) is 0 Å². The van der Waals surface area contributed by atoms with Crippen molar-refractivity contribution < 1.29 is 8.42 Å². The highest BCUT2D eigenvalue weighted by molar-refractivity contribution is 7.95. The van der Waals surface area contributed by atoms with Crippen molar-refractivity contribution in [2.75, 3.05) is 4.72 Å². The van der Waals surface area contributed by atoms with Crippen molar-refractivity contribution in [3.05, 3.63) is 83.0 Å². The molecule has 24 heavy (non-hydrogen) atoms. The molecular weight excluding hydrogens is 346 g/mol. The standard InChI is InChI=1S/C17H14ClN3O2S/c18-15-8-6-14(7-9-15)10-13-24(22,23)20-16-4-1-2-5-17(16)21-12-3-11-19-21/h1-13,20H. The lowest BCUT2D eigenvalue weighted by molar-refractivity contribution is 0.609. The van der Waals surface area contributed by atoms with Crippen molar-refractivity contribution in [1.29, 1.82) is 0 Å². The van der Waals surface area contributed by atoms with E-state index in [2.05, 4.69) is 9.82 Å². The zero-order chi connectivity index (χ0) is 17.0. The maximum Gasteiger partial charge on any atom is 0.255 e. The molecule has 0 unspecified atom stereocenters. The first-order valence-electron chi connectivity index (χ1n) is 7.09. The number of hydrogen-bond acceptors (Lipinski definition) is 3. The van der Waals surface area contributed by atoms with Gasteiger partial charge < -0.3 is 0 Å². The number of nitrogens with zero attached hydrogens (tertiary/aromatic N) is 2. The van der Waals surface area contributed by atoms with Crippen molar-refractivity contribution in [2.45, 2.75) is 0 Å². The highest BCUT2D eigenvalue weighted by Crippen LogP contribution is 2.21. The van der Waals surface area contributed by atoms with E-state index in [1.54, 1.807) is 65.6 Å². The molecular formula is C17H14ClN3O2S. The number of benzene rings is 2. The Kier molecular flexibility index (Phi) is 4.69. The monoisotopic (exact) mass is 359 g/mol. The van der Waals surface area contributed by atoms with Crippen LogP contribution in [0.25, 0.3) is 11.8 Å². The number of sulfonamides is 1. The van der Waals surface area contributed by atoms with Gasteiger partial charge in [0.2, 0.25) is 0 Å². The minimum Gasteiger partial charge on any atom is -0.278 e. The van der Waals surface area contributed by atoms with Gasteiger partial charge in [0.1, 0.15) is 0 Å². The van der Waals surface area contributed by atoms with Crippen molar-refractivity contribution in [1.82, 2.24) is 9.78 Å². The summed E-state index contributed by atoms with van der Waals surface area (Å²) in [4.78, 5) is 0. The zero-order valence-corrected chi connectivity index (χ0v) is 14.1. The summed E-state index contributed by atoms with van der Waals surface area (Å²) in [6.07, 6.45) is 4.89. The van der Waals surface area contributed by atoms with Crippen LogP contribution in [-0.2, 0) is 10.0 Å². The maximum atomic E-state index is 12.3. The van der Waals surface area contributed by atoms with Gasteiger partial charge in [-0.15, -0.1) is 0 Å². The lowest BCUT2D eigenvalue weighted by Gasteiger charge is -2.10. The van der Waals surface area contributed by atoms with Crippen LogP contribution < -0.4 is 4.72 Å². The van der Waals surface area contributed by atoms with Gasteiger partial charge in [-0.2, -0.15) is 5.10 Å². The molecule has 122 valence electrons. The number of rotatable bonds is 5. The van der Waals surface area contributed by atoms with Crippen LogP contribution in [0.4, 0.5) is 5.69 Å². The summed E-state index contributed by atoms with van der Waals surface area (Å²) in [5.74, 6) is 0. The first-order chi connectivity index (χ1) is 11.5. The number of halogens is 1. The summed E-state index contributed by atoms with van der Waals surface area (Å²) in [7, 11) is -3.66. The number of anilines is 1. The highest BCUT2D eigenvalue weighted by Gasteiger charge is 2.10. The molecule has 0 radical (unpaired) electrons. The van der Waals surface area contributed by atoms with Crippen molar-refractivity contribution >= 4 is 33.4 Å². The number of para-hydroxylation sites is 2. The molecule has 0 fully saturated rings. The van der Waals surface area contributed by atoms with Gasteiger partial charge in [0.15, 0.2) is 0 Å². The average Bonchev–Trinajstić information content (AvgIpc) is 3.09. The van der Waals surface area contributed by atoms with E-state index in [1.807, 2.05) is 6.07 Å². The fourth-order valence-corrected chi connectivity index (χ4v) is 3.11. The van der Waals surface area contributed by atoms with Crippen LogP contribution in [0.5, 0.6) is 0 Å². The van der Waals surface area contributed by atoms with Gasteiger partial charge in [0.25, 0.3) is 10.0 Å². The second-order valence-electron chi connectivity index (χ2n) is 4.97. The summed E-state index contributed by atoms with van der Waals surface area (Å²) in [5.41, 5.74) is 1.83. The van der Waals surface area contributed by atoms with Crippen LogP contribution in [0.2, 0.25) is 5.02 Å². The number of nitrogens with one attached hydrogen (secondary N) is 1. The molecule has 0 bridgehead atoms. The summed E-state index contributed by atoms with van der Waals surface area (Å²) in [6, 6.07) is 15.7. The topological polar surface area (TPSA) is 64.0 Å². The fraction of sp³-hybridized carbons (Fsp3) is 0. The van der Waals surface area contributed by atoms with E-state index in [0.29, 0.717) is 16.4 Å². The van der Waals surface area contributed by atoms with Gasteiger partial charge in [-0.05, 0) is 42.0 Å². The average molecular weight is 360 g/mol. The van der Waals surface area contributed by atoms with Crippen molar-refractivity contribution in [3.8, 4) is 5.69 Å². The molecule has 5 nitrogen and oxygen atoms in total. The van der Waals surface area contributed by atoms with E-state index in [9.17, 15) is 8.42 Å². The van der Waals surface area contributed by atoms with Crippen LogP contribution in [0, 0.1) is 0 Å². The van der Waals surface area contributed by atoms with E-state index in [-0.39, 0.29) is 0 Å². The van der Waals surface area contributed by atoms with Gasteiger partial charge in [0.05, 0.1) is 16.8 Å². The van der Waals surface area contributed by atoms with Gasteiger partial charge >= 0.3 is 0 Å². The lowest BCUT2D eigenvalue weighted by Crippen LogP contribution is -2.11. The fourth-order valence-electron chi connectivity index (χ4n) is 2.10. The molecule has 0 aliphatic rings. The minimum atomic E-state index is -3.66. The second-order valence-corrected chi connectivity index (χ2v) is 6.97. The number of aromatic nitrogens is 2. The van der Waals surface area contributed by atoms with E-state index in [4.69, 9.17) is 11.6 Å². The Hall–Kier alpha value is -2.57. The first-order valence-corrected chi connectivity index (χ1v) is 9.01. The number of hydrogen-bond donors (Lipinski definition) is 1. The zero-order valence-electron chi connectivity index (χ0n) is 12.5. The largest absolute Gasteiger partial charge is 0.278 e. The van der Waals surface area contributed by atoms with Gasteiger partial charge in [-0.25, -0.2) is 13.1 Å². The molecule has 0 atom stereocenters. The van der Waals surface area contributed by atoms with Crippen molar-refractivity contribution in [2.24, 2.45) is 0 Å². The Bertz CT molecular complexity index is 950. The minimum absolute atomic E-state index is 0.446. The van der Waals surface area contributed by atoms with Crippen LogP contribution in [0.1, 0.15) is 5.56 Å². The summed E-state index contributed by atoms with van der Waals surface area (Å²) < 4.78 is 28.8. The van der Waals surface area contributed by atoms with Gasteiger partial charge in [0, 0.05) is 17.4 Å². The molecule has 1 N–H and O–H groups in total. The van der Waals surface area contributed by atoms with Gasteiger partial charge in [-0.1, -0.05) is 35.9 Å². The molecule has 1 heterocycles. The highest BCUT2D eigenvalue weighted by atomic mass is 35.5. The van der Waals surface area contributed by atoms with Crippen LogP contribution >= 0.6 is 11.6 Å². The third kappa shape index (κ3) is 4.04. The predicted molar refractivity (Wildman–Crippen MR) is 96.6 cm³/mol. The molecule has 0 aliphatic heterocycles. The Morgan fingerprint density at radius 2 is 1.79 bits per heavy atom. The van der Waals surface area contributed by atoms with Crippen LogP contribution in [0.3, 0.4) is 0 Å². The third-order valence-corrected chi connectivity index (χ3v) is 4.47. The second kappa shape index (κ2) is 6.90. The molecule has 1 aromatic heterocycles. The van der Waals surface area contributed by atoms with E-state index in [1.165, 1.54) is 6.08 Å². The predicted octanol–water partition coefficient (Wildman–Crippen LogP) is 3.94. The molecule has 0 aliphatic carbocycles. The molecule has 7 heteroatoms. The molecule has 3 aromatic rings. The normalized spacial score (nSPS) is 11.7. The molecule has 0 saturated carbocycles. The van der Waals surface area contributed by atoms with E-state index >= 15 is 0 Å². The quantitative estimate of drug-likeness (QED) is 0.750. The smallest absolute Gasteiger partial charge is 0.255 e. The summed E-state index contributed by atoms with van der Waals surface area (Å²) >= 11 is 5.81. The molecule has 2 aromatic carbocycles. The maximum absolute atomic E-state index is 12.3. The Morgan fingerprint density at radius 1 is 1.04 bits per heavy atom. The SMILES string of the molecule is O=S(=O)(C=Cc1ccc(Cl)cc1)Nc1ccccc1-n1cccn1. The van der Waals surface area contributed by atoms with Crippen LogP contribution in [0.15, 0.2) is 72.4 Å². The summed E-state index contributed by atoms with van der Waals surface area (Å²) in [6.45, 7) is 0. The Morgan fingerprint density at radius 3 is 2.50 bits per heavy atom. The first kappa shape index (κ1) is 16.3. The molecule has 0 saturated heterocycles. The molecule has 0 spiro atoms. The third-order valence-electron chi connectivity index (χ3n) is 3.22. The van der Waals surface area contributed by atoms with Crippen LogP contribution in [-0.4, -0.2) is 18.2 Å². The van der Waals surface area contributed by atoms with Gasteiger partial charge in [-0.3, -0.25) is 4.72 Å². The lowest BCUT2D eigenvalue weighted by atomic mass is 10.2.